The fourth-order valence-corrected chi connectivity index (χ4v) is 5.48. The van der Waals surface area contributed by atoms with Gasteiger partial charge in [0.1, 0.15) is 42.7 Å². The minimum atomic E-state index is -5.66. The predicted octanol–water partition coefficient (Wildman–Crippen LogP) is -4.73. The van der Waals surface area contributed by atoms with Crippen molar-refractivity contribution >= 4 is 33.9 Å². The third-order valence-corrected chi connectivity index (χ3v) is 7.64. The Morgan fingerprint density at radius 3 is 2.31 bits per heavy atom. The number of phosphoric acid groups is 2. The van der Waals surface area contributed by atoms with Crippen LogP contribution in [0.2, 0.25) is 0 Å². The number of phosphoric ester groups is 1. The molecule has 0 saturated carbocycles. The summed E-state index contributed by atoms with van der Waals surface area (Å²) in [6.07, 6.45) is -16.1. The number of nitrogens with zero attached hydrogens (tertiary/aromatic N) is 1. The van der Waals surface area contributed by atoms with Gasteiger partial charge in [0.15, 0.2) is 12.5 Å². The molecule has 0 aliphatic carbocycles. The molecule has 2 aliphatic rings. The van der Waals surface area contributed by atoms with Crippen molar-refractivity contribution < 1.29 is 82.0 Å². The third-order valence-electron chi connectivity index (χ3n) is 5.00. The van der Waals surface area contributed by atoms with Gasteiger partial charge in [-0.1, -0.05) is 0 Å². The van der Waals surface area contributed by atoms with Crippen molar-refractivity contribution in [1.29, 1.82) is 0 Å². The summed E-state index contributed by atoms with van der Waals surface area (Å²) in [5.41, 5.74) is 0. The number of aliphatic hydroxyl groups is 6. The van der Waals surface area contributed by atoms with E-state index in [1.54, 1.807) is 0 Å². The van der Waals surface area contributed by atoms with Gasteiger partial charge in [0, 0.05) is 13.0 Å². The molecule has 2 heterocycles. The molecule has 21 heteroatoms. The van der Waals surface area contributed by atoms with Crippen LogP contribution in [-0.4, -0.2) is 132 Å². The molecule has 36 heavy (non-hydrogen) atoms. The van der Waals surface area contributed by atoms with Crippen LogP contribution in [0, 0.1) is 0 Å². The molecular formula is C15H26N2O17P2. The van der Waals surface area contributed by atoms with Crippen molar-refractivity contribution in [3.8, 4) is 0 Å². The quantitative estimate of drug-likeness (QED) is 0.0744. The van der Waals surface area contributed by atoms with Crippen LogP contribution in [-0.2, 0) is 36.8 Å². The first kappa shape index (κ1) is 30.8. The summed E-state index contributed by atoms with van der Waals surface area (Å²) in [5, 5.41) is 60.8. The Bertz CT molecular complexity index is 899. The summed E-state index contributed by atoms with van der Waals surface area (Å²) in [7, 11) is -11.2. The molecule has 0 radical (unpaired) electrons. The number of amides is 3. The monoisotopic (exact) mass is 568 g/mol. The van der Waals surface area contributed by atoms with Crippen LogP contribution in [0.4, 0.5) is 4.79 Å². The second kappa shape index (κ2) is 12.4. The molecule has 2 rings (SSSR count). The first-order chi connectivity index (χ1) is 16.6. The molecule has 9 N–H and O–H groups in total. The van der Waals surface area contributed by atoms with E-state index in [9.17, 15) is 54.2 Å². The number of ether oxygens (including phenoxy) is 1. The van der Waals surface area contributed by atoms with E-state index >= 15 is 0 Å². The third kappa shape index (κ3) is 7.80. The van der Waals surface area contributed by atoms with Gasteiger partial charge in [0.2, 0.25) is 5.91 Å². The molecule has 0 spiro atoms. The van der Waals surface area contributed by atoms with Crippen molar-refractivity contribution in [3.63, 3.8) is 0 Å². The summed E-state index contributed by atoms with van der Waals surface area (Å²) in [6, 6.07) is -0.946. The highest BCUT2D eigenvalue weighted by Gasteiger charge is 2.50. The molecule has 1 unspecified atom stereocenters. The second-order valence-corrected chi connectivity index (χ2v) is 10.6. The van der Waals surface area contributed by atoms with Crippen molar-refractivity contribution in [1.82, 2.24) is 10.2 Å². The van der Waals surface area contributed by atoms with Gasteiger partial charge in [-0.05, 0) is 0 Å². The lowest BCUT2D eigenvalue weighted by atomic mass is 10.0. The molecule has 0 aromatic rings. The minimum absolute atomic E-state index is 0.149. The normalized spacial score (nSPS) is 30.3. The Hall–Kier alpha value is -1.41. The van der Waals surface area contributed by atoms with Crippen LogP contribution in [0.3, 0.4) is 0 Å². The average molecular weight is 568 g/mol. The Kier molecular flexibility index (Phi) is 10.6. The number of hydrogen-bond acceptors (Lipinski definition) is 15. The molecular weight excluding hydrogens is 542 g/mol. The summed E-state index contributed by atoms with van der Waals surface area (Å²) in [4.78, 5) is 52.8. The van der Waals surface area contributed by atoms with E-state index in [0.717, 1.165) is 4.90 Å². The molecule has 208 valence electrons. The molecule has 2 saturated heterocycles. The Balaban J connectivity index is 2.15. The maximum atomic E-state index is 12.9. The first-order valence-corrected chi connectivity index (χ1v) is 13.0. The smallest absolute Gasteiger partial charge is 0.394 e. The highest BCUT2D eigenvalue weighted by Crippen LogP contribution is 2.62. The predicted molar refractivity (Wildman–Crippen MR) is 108 cm³/mol. The fraction of sp³-hybridized carbons (Fsp3) is 0.800. The largest absolute Gasteiger partial charge is 0.484 e. The summed E-state index contributed by atoms with van der Waals surface area (Å²) >= 11 is 0. The fourth-order valence-electron chi connectivity index (χ4n) is 3.18. The van der Waals surface area contributed by atoms with Crippen LogP contribution in [0.25, 0.3) is 0 Å². The number of carbonyl (C=O) groups excluding carboxylic acids is 3. The highest BCUT2D eigenvalue weighted by molar-refractivity contribution is 7.61. The van der Waals surface area contributed by atoms with E-state index in [2.05, 4.69) is 8.83 Å². The number of carbonyl (C=O) groups is 3. The number of rotatable bonds is 13. The average Bonchev–Trinajstić information content (AvgIpc) is 3.07. The lowest BCUT2D eigenvalue weighted by Gasteiger charge is -2.32. The maximum Gasteiger partial charge on any atom is 0.484 e. The van der Waals surface area contributed by atoms with Gasteiger partial charge >= 0.3 is 21.7 Å². The van der Waals surface area contributed by atoms with Crippen LogP contribution in [0.15, 0.2) is 0 Å². The zero-order valence-corrected chi connectivity index (χ0v) is 19.9. The lowest BCUT2D eigenvalue weighted by molar-refractivity contribution is -0.136. The van der Waals surface area contributed by atoms with Crippen LogP contribution >= 0.6 is 15.6 Å². The van der Waals surface area contributed by atoms with Crippen molar-refractivity contribution in [2.45, 2.75) is 55.4 Å². The maximum absolute atomic E-state index is 12.9. The van der Waals surface area contributed by atoms with Crippen molar-refractivity contribution in [2.75, 3.05) is 19.8 Å². The van der Waals surface area contributed by atoms with Crippen LogP contribution in [0.5, 0.6) is 0 Å². The van der Waals surface area contributed by atoms with Gasteiger partial charge in [-0.25, -0.2) is 13.9 Å². The summed E-state index contributed by atoms with van der Waals surface area (Å²) in [6.45, 7) is -2.57. The molecule has 3 amide bonds. The molecule has 2 fully saturated rings. The van der Waals surface area contributed by atoms with E-state index in [-0.39, 0.29) is 19.3 Å². The summed E-state index contributed by atoms with van der Waals surface area (Å²) in [5.74, 6) is -0.594. The summed E-state index contributed by atoms with van der Waals surface area (Å²) < 4.78 is 42.9. The van der Waals surface area contributed by atoms with E-state index in [0.29, 0.717) is 0 Å². The molecule has 0 aromatic carbocycles. The molecule has 9 atom stereocenters. The Labute approximate surface area is 202 Å². The van der Waals surface area contributed by atoms with E-state index in [1.165, 1.54) is 0 Å². The zero-order valence-electron chi connectivity index (χ0n) is 18.1. The Morgan fingerprint density at radius 1 is 1.14 bits per heavy atom. The van der Waals surface area contributed by atoms with Crippen molar-refractivity contribution in [3.05, 3.63) is 0 Å². The number of urea groups is 1. The van der Waals surface area contributed by atoms with Gasteiger partial charge < -0.3 is 50.0 Å². The molecule has 0 aromatic heterocycles. The van der Waals surface area contributed by atoms with Crippen LogP contribution < -0.4 is 5.32 Å². The number of imide groups is 1. The molecule has 0 bridgehead atoms. The number of nitrogens with one attached hydrogen (secondary N) is 1. The van der Waals surface area contributed by atoms with Crippen molar-refractivity contribution in [2.24, 2.45) is 0 Å². The highest BCUT2D eigenvalue weighted by atomic mass is 31.3. The SMILES string of the molecule is O=C[C@H](O)[C@@H](O)[C@H](O)[C@@H](CO)OP(=O)(OC[C@H]1O[C@@H](N2CCC(=O)NC2=O)[C@H](O)[C@@H]1O)OP(=O)(O)O. The molecule has 19 nitrogen and oxygen atoms in total. The standard InChI is InChI=1S/C15H26N2O17P2/c18-3-6(20)10(22)11(23)7(4-19)33-36(30,34-35(27,28)29)31-5-8-12(24)13(25)14(32-8)17-2-1-9(21)16-15(17)26/h3,6-8,10-14,19-20,22-25H,1-2,4-5H2,(H,16,21,26)(H2,27,28,29)/t6-,7+,8+,10+,11+,12+,13+,14+,36?/m0/s1. The molecule has 2 aliphatic heterocycles. The second-order valence-electron chi connectivity index (χ2n) is 7.59. The number of hydrogen-bond donors (Lipinski definition) is 9. The zero-order chi connectivity index (χ0) is 27.4. The number of aliphatic hydroxyl groups excluding tert-OH is 6. The van der Waals surface area contributed by atoms with Gasteiger partial charge in [0.05, 0.1) is 13.2 Å². The first-order valence-electron chi connectivity index (χ1n) is 10.0. The Morgan fingerprint density at radius 2 is 1.78 bits per heavy atom. The lowest BCUT2D eigenvalue weighted by Crippen LogP contribution is -2.56. The van der Waals surface area contributed by atoms with E-state index in [4.69, 9.17) is 19.0 Å². The topological polar surface area (TPSA) is 299 Å². The number of aldehydes is 1. The van der Waals surface area contributed by atoms with Gasteiger partial charge in [-0.3, -0.25) is 24.1 Å². The minimum Gasteiger partial charge on any atom is -0.394 e. The van der Waals surface area contributed by atoms with Crippen LogP contribution in [0.1, 0.15) is 6.42 Å². The van der Waals surface area contributed by atoms with Gasteiger partial charge in [-0.2, -0.15) is 4.31 Å². The van der Waals surface area contributed by atoms with Gasteiger partial charge in [-0.15, -0.1) is 0 Å². The van der Waals surface area contributed by atoms with E-state index < -0.39 is 89.8 Å². The van der Waals surface area contributed by atoms with E-state index in [1.807, 2.05) is 5.32 Å². The van der Waals surface area contributed by atoms with Gasteiger partial charge in [0.25, 0.3) is 0 Å².